The lowest BCUT2D eigenvalue weighted by atomic mass is 10.0. The molecule has 0 unspecified atom stereocenters. The van der Waals surface area contributed by atoms with Crippen molar-refractivity contribution in [2.75, 3.05) is 38.2 Å². The van der Waals surface area contributed by atoms with Gasteiger partial charge < -0.3 is 14.7 Å². The van der Waals surface area contributed by atoms with Crippen LogP contribution in [0.1, 0.15) is 26.7 Å². The maximum absolute atomic E-state index is 10.1. The van der Waals surface area contributed by atoms with E-state index in [4.69, 9.17) is 4.74 Å². The molecule has 1 aromatic carbocycles. The Hall–Kier alpha value is -1.10. The quantitative estimate of drug-likeness (QED) is 0.839. The van der Waals surface area contributed by atoms with Crippen LogP contribution in [0.25, 0.3) is 0 Å². The summed E-state index contributed by atoms with van der Waals surface area (Å²) in [7, 11) is 2.11. The lowest BCUT2D eigenvalue weighted by molar-refractivity contribution is -0.0108. The summed E-state index contributed by atoms with van der Waals surface area (Å²) in [5.41, 5.74) is 1.30. The zero-order chi connectivity index (χ0) is 15.9. The lowest BCUT2D eigenvalue weighted by Crippen LogP contribution is -2.49. The predicted octanol–water partition coefficient (Wildman–Crippen LogP) is 2.37. The molecule has 0 amide bonds. The Morgan fingerprint density at radius 3 is 2.73 bits per heavy atom. The summed E-state index contributed by atoms with van der Waals surface area (Å²) in [5.74, 6) is 0. The van der Waals surface area contributed by atoms with Crippen LogP contribution in [0.2, 0.25) is 0 Å². The first-order chi connectivity index (χ1) is 10.6. The van der Waals surface area contributed by atoms with Crippen molar-refractivity contribution in [1.29, 1.82) is 0 Å². The normalized spacial score (nSPS) is 20.6. The molecule has 4 nitrogen and oxygen atoms in total. The summed E-state index contributed by atoms with van der Waals surface area (Å²) in [6.45, 7) is 7.22. The van der Waals surface area contributed by atoms with Gasteiger partial charge in [0.2, 0.25) is 0 Å². The molecule has 0 aromatic heterocycles. The molecule has 4 heteroatoms. The second kappa shape index (κ2) is 8.51. The lowest BCUT2D eigenvalue weighted by Gasteiger charge is -2.39. The van der Waals surface area contributed by atoms with Crippen molar-refractivity contribution in [1.82, 2.24) is 4.90 Å². The van der Waals surface area contributed by atoms with Crippen molar-refractivity contribution in [3.63, 3.8) is 0 Å². The summed E-state index contributed by atoms with van der Waals surface area (Å²) in [6.07, 6.45) is 2.14. The van der Waals surface area contributed by atoms with E-state index >= 15 is 0 Å². The molecule has 0 radical (unpaired) electrons. The molecule has 1 N–H and O–H groups in total. The third-order valence-electron chi connectivity index (χ3n) is 4.26. The highest BCUT2D eigenvalue weighted by atomic mass is 16.5. The molecule has 0 spiro atoms. The number of rotatable bonds is 7. The zero-order valence-corrected chi connectivity index (χ0v) is 14.1. The van der Waals surface area contributed by atoms with Gasteiger partial charge in [0.1, 0.15) is 0 Å². The number of para-hydroxylation sites is 1. The van der Waals surface area contributed by atoms with Gasteiger partial charge in [0, 0.05) is 31.4 Å². The van der Waals surface area contributed by atoms with Gasteiger partial charge in [0.15, 0.2) is 0 Å². The first-order valence-corrected chi connectivity index (χ1v) is 8.36. The number of hydrogen-bond donors (Lipinski definition) is 1. The molecule has 1 aliphatic rings. The minimum atomic E-state index is -0.417. The minimum Gasteiger partial charge on any atom is -0.389 e. The van der Waals surface area contributed by atoms with Gasteiger partial charge in [-0.15, -0.1) is 0 Å². The Morgan fingerprint density at radius 1 is 1.32 bits per heavy atom. The molecule has 124 valence electrons. The van der Waals surface area contributed by atoms with E-state index in [0.717, 1.165) is 13.1 Å². The summed E-state index contributed by atoms with van der Waals surface area (Å²) >= 11 is 0. The largest absolute Gasteiger partial charge is 0.389 e. The molecule has 2 atom stereocenters. The fraction of sp³-hybridized carbons (Fsp3) is 0.667. The summed E-state index contributed by atoms with van der Waals surface area (Å²) in [6, 6.07) is 11.1. The molecule has 1 saturated heterocycles. The fourth-order valence-electron chi connectivity index (χ4n) is 3.03. The highest BCUT2D eigenvalue weighted by molar-refractivity contribution is 5.46. The third kappa shape index (κ3) is 5.27. The van der Waals surface area contributed by atoms with Crippen molar-refractivity contribution in [2.45, 2.75) is 44.9 Å². The molecule has 0 aliphatic carbocycles. The van der Waals surface area contributed by atoms with Crippen molar-refractivity contribution in [3.05, 3.63) is 30.3 Å². The summed E-state index contributed by atoms with van der Waals surface area (Å²) < 4.78 is 5.50. The SMILES string of the molecule is CC(C)OC[C@@H](O)CN(C)[C@@H]1CCCN(c2ccccc2)C1. The number of aliphatic hydroxyl groups is 1. The predicted molar refractivity (Wildman–Crippen MR) is 91.4 cm³/mol. The number of likely N-dealkylation sites (N-methyl/N-ethyl adjacent to an activating group) is 1. The topological polar surface area (TPSA) is 35.9 Å². The standard InChI is InChI=1S/C18H30N2O2/c1-15(2)22-14-18(21)13-19(3)17-10-7-11-20(12-17)16-8-5-4-6-9-16/h4-6,8-9,15,17-18,21H,7,10-14H2,1-3H3/t17-,18+/m1/s1. The maximum Gasteiger partial charge on any atom is 0.0900 e. The number of anilines is 1. The van der Waals surface area contributed by atoms with Crippen molar-refractivity contribution in [2.24, 2.45) is 0 Å². The van der Waals surface area contributed by atoms with Crippen LogP contribution in [-0.2, 0) is 4.74 Å². The molecule has 1 aromatic rings. The summed E-state index contributed by atoms with van der Waals surface area (Å²) in [5, 5.41) is 10.1. The molecule has 0 bridgehead atoms. The average Bonchev–Trinajstić information content (AvgIpc) is 2.54. The van der Waals surface area contributed by atoms with E-state index in [1.165, 1.54) is 18.5 Å². The highest BCUT2D eigenvalue weighted by Crippen LogP contribution is 2.21. The molecule has 22 heavy (non-hydrogen) atoms. The molecular weight excluding hydrogens is 276 g/mol. The van der Waals surface area contributed by atoms with Gasteiger partial charge in [-0.2, -0.15) is 0 Å². The maximum atomic E-state index is 10.1. The van der Waals surface area contributed by atoms with Crippen LogP contribution >= 0.6 is 0 Å². The van der Waals surface area contributed by atoms with E-state index in [1.807, 2.05) is 13.8 Å². The van der Waals surface area contributed by atoms with Crippen LogP contribution in [-0.4, -0.2) is 61.5 Å². The van der Waals surface area contributed by atoms with E-state index in [0.29, 0.717) is 19.2 Å². The molecular formula is C18H30N2O2. The van der Waals surface area contributed by atoms with Crippen LogP contribution in [0, 0.1) is 0 Å². The van der Waals surface area contributed by atoms with Gasteiger partial charge in [-0.3, -0.25) is 4.90 Å². The third-order valence-corrected chi connectivity index (χ3v) is 4.26. The molecule has 1 fully saturated rings. The number of nitrogens with zero attached hydrogens (tertiary/aromatic N) is 2. The number of hydrogen-bond acceptors (Lipinski definition) is 4. The molecule has 1 aliphatic heterocycles. The first-order valence-electron chi connectivity index (χ1n) is 8.36. The van der Waals surface area contributed by atoms with Gasteiger partial charge in [-0.1, -0.05) is 18.2 Å². The summed E-state index contributed by atoms with van der Waals surface area (Å²) in [4.78, 5) is 4.73. The number of aliphatic hydroxyl groups excluding tert-OH is 1. The van der Waals surface area contributed by atoms with Crippen molar-refractivity contribution in [3.8, 4) is 0 Å². The molecule has 0 saturated carbocycles. The Kier molecular flexibility index (Phi) is 6.68. The van der Waals surface area contributed by atoms with Crippen molar-refractivity contribution >= 4 is 5.69 Å². The Labute approximate surface area is 134 Å². The van der Waals surface area contributed by atoms with Crippen LogP contribution < -0.4 is 4.90 Å². The molecule has 1 heterocycles. The van der Waals surface area contributed by atoms with Gasteiger partial charge in [0.25, 0.3) is 0 Å². The van der Waals surface area contributed by atoms with Gasteiger partial charge >= 0.3 is 0 Å². The van der Waals surface area contributed by atoms with Crippen LogP contribution in [0.15, 0.2) is 30.3 Å². The van der Waals surface area contributed by atoms with Crippen LogP contribution in [0.4, 0.5) is 5.69 Å². The van der Waals surface area contributed by atoms with Gasteiger partial charge in [0.05, 0.1) is 18.8 Å². The van der Waals surface area contributed by atoms with Gasteiger partial charge in [-0.25, -0.2) is 0 Å². The number of benzene rings is 1. The second-order valence-corrected chi connectivity index (χ2v) is 6.55. The van der Waals surface area contributed by atoms with E-state index < -0.39 is 6.10 Å². The zero-order valence-electron chi connectivity index (χ0n) is 14.1. The molecule has 2 rings (SSSR count). The average molecular weight is 306 g/mol. The fourth-order valence-corrected chi connectivity index (χ4v) is 3.03. The highest BCUT2D eigenvalue weighted by Gasteiger charge is 2.24. The minimum absolute atomic E-state index is 0.170. The first kappa shape index (κ1) is 17.3. The van der Waals surface area contributed by atoms with E-state index in [-0.39, 0.29) is 6.10 Å². The van der Waals surface area contributed by atoms with Crippen LogP contribution in [0.3, 0.4) is 0 Å². The monoisotopic (exact) mass is 306 g/mol. The smallest absolute Gasteiger partial charge is 0.0900 e. The van der Waals surface area contributed by atoms with Gasteiger partial charge in [-0.05, 0) is 45.9 Å². The Bertz CT molecular complexity index is 424. The number of ether oxygens (including phenoxy) is 1. The van der Waals surface area contributed by atoms with E-state index in [9.17, 15) is 5.11 Å². The number of piperidine rings is 1. The second-order valence-electron chi connectivity index (χ2n) is 6.55. The van der Waals surface area contributed by atoms with E-state index in [2.05, 4.69) is 47.2 Å². The van der Waals surface area contributed by atoms with Crippen LogP contribution in [0.5, 0.6) is 0 Å². The van der Waals surface area contributed by atoms with Crippen molar-refractivity contribution < 1.29 is 9.84 Å². The Balaban J connectivity index is 1.83. The van der Waals surface area contributed by atoms with E-state index in [1.54, 1.807) is 0 Å². The Morgan fingerprint density at radius 2 is 2.05 bits per heavy atom.